The summed E-state index contributed by atoms with van der Waals surface area (Å²) in [6.45, 7) is 3.54. The van der Waals surface area contributed by atoms with E-state index in [1.54, 1.807) is 13.3 Å². The monoisotopic (exact) mass is 373 g/mol. The second-order valence-corrected chi connectivity index (χ2v) is 7.26. The topological polar surface area (TPSA) is 96.7 Å². The van der Waals surface area contributed by atoms with Gasteiger partial charge in [-0.3, -0.25) is 0 Å². The Kier molecular flexibility index (Phi) is 6.26. The van der Waals surface area contributed by atoms with Crippen LogP contribution in [0.15, 0.2) is 36.5 Å². The van der Waals surface area contributed by atoms with Crippen LogP contribution < -0.4 is 14.8 Å². The molecule has 0 radical (unpaired) electrons. The van der Waals surface area contributed by atoms with Gasteiger partial charge in [-0.15, -0.1) is 0 Å². The molecule has 3 atom stereocenters. The highest BCUT2D eigenvalue weighted by atomic mass is 16.5. The summed E-state index contributed by atoms with van der Waals surface area (Å²) in [6.07, 6.45) is 1.26. The van der Waals surface area contributed by atoms with Gasteiger partial charge in [0.05, 0.1) is 25.9 Å². The molecule has 2 heterocycles. The Morgan fingerprint density at radius 2 is 1.93 bits per heavy atom. The van der Waals surface area contributed by atoms with Crippen LogP contribution in [0, 0.1) is 12.3 Å². The van der Waals surface area contributed by atoms with Crippen LogP contribution in [0.2, 0.25) is 0 Å². The predicted octanol–water partition coefficient (Wildman–Crippen LogP) is 1.46. The Hall–Kier alpha value is -2.22. The van der Waals surface area contributed by atoms with Crippen LogP contribution in [-0.4, -0.2) is 52.7 Å². The first kappa shape index (κ1) is 19.5. The van der Waals surface area contributed by atoms with E-state index in [2.05, 4.69) is 15.3 Å². The second-order valence-electron chi connectivity index (χ2n) is 7.26. The lowest BCUT2D eigenvalue weighted by Crippen LogP contribution is -2.38. The highest BCUT2D eigenvalue weighted by molar-refractivity contribution is 5.18. The zero-order valence-electron chi connectivity index (χ0n) is 15.8. The lowest BCUT2D eigenvalue weighted by Gasteiger charge is -2.29. The van der Waals surface area contributed by atoms with Crippen molar-refractivity contribution >= 4 is 0 Å². The van der Waals surface area contributed by atoms with E-state index in [-0.39, 0.29) is 5.41 Å². The van der Waals surface area contributed by atoms with E-state index in [0.29, 0.717) is 44.3 Å². The van der Waals surface area contributed by atoms with Crippen LogP contribution in [0.25, 0.3) is 0 Å². The molecular formula is C20H27N3O4. The fraction of sp³-hybridized carbons (Fsp3) is 0.500. The zero-order valence-corrected chi connectivity index (χ0v) is 15.8. The van der Waals surface area contributed by atoms with E-state index in [1.165, 1.54) is 0 Å². The molecular weight excluding hydrogens is 346 g/mol. The van der Waals surface area contributed by atoms with Gasteiger partial charge in [-0.05, 0) is 31.4 Å². The van der Waals surface area contributed by atoms with Crippen molar-refractivity contribution in [1.29, 1.82) is 0 Å². The molecule has 0 spiro atoms. The lowest BCUT2D eigenvalue weighted by molar-refractivity contribution is 0.0438. The summed E-state index contributed by atoms with van der Waals surface area (Å²) in [5, 5.41) is 23.6. The highest BCUT2D eigenvalue weighted by Gasteiger charge is 2.44. The molecule has 1 saturated carbocycles. The van der Waals surface area contributed by atoms with Gasteiger partial charge in [0, 0.05) is 42.5 Å². The largest absolute Gasteiger partial charge is 0.481 e. The Morgan fingerprint density at radius 1 is 1.15 bits per heavy atom. The minimum Gasteiger partial charge on any atom is -0.481 e. The van der Waals surface area contributed by atoms with Gasteiger partial charge in [-0.25, -0.2) is 9.97 Å². The number of hydrogen-bond donors (Lipinski definition) is 3. The van der Waals surface area contributed by atoms with Gasteiger partial charge in [0.2, 0.25) is 11.8 Å². The molecule has 1 aliphatic carbocycles. The summed E-state index contributed by atoms with van der Waals surface area (Å²) in [5.41, 5.74) is 1.56. The predicted molar refractivity (Wildman–Crippen MR) is 101 cm³/mol. The normalized spacial score (nSPS) is 24.7. The van der Waals surface area contributed by atoms with Gasteiger partial charge in [-0.1, -0.05) is 12.1 Å². The standard InChI is InChI=1S/C20H27N3O4/c1-14-4-3-5-19(23-14)27-13-20(8-16(24)17(25)9-20)12-21-10-15-6-7-18(26-2)22-11-15/h3-7,11,16-17,21,24-25H,8-10,12-13H2,1-2H3/t16-,17+,20?. The molecule has 27 heavy (non-hydrogen) atoms. The van der Waals surface area contributed by atoms with E-state index in [1.807, 2.05) is 37.3 Å². The van der Waals surface area contributed by atoms with Gasteiger partial charge < -0.3 is 25.0 Å². The summed E-state index contributed by atoms with van der Waals surface area (Å²) >= 11 is 0. The van der Waals surface area contributed by atoms with Crippen LogP contribution in [0.1, 0.15) is 24.1 Å². The SMILES string of the molecule is COc1ccc(CNCC2(COc3cccc(C)n3)C[C@@H](O)[C@@H](O)C2)cn1. The number of aromatic nitrogens is 2. The molecule has 1 fully saturated rings. The van der Waals surface area contributed by atoms with Crippen molar-refractivity contribution in [3.8, 4) is 11.8 Å². The molecule has 2 aromatic heterocycles. The maximum absolute atomic E-state index is 10.1. The van der Waals surface area contributed by atoms with Crippen molar-refractivity contribution in [2.24, 2.45) is 5.41 Å². The first-order chi connectivity index (χ1) is 13.0. The van der Waals surface area contributed by atoms with Gasteiger partial charge in [-0.2, -0.15) is 0 Å². The number of hydrogen-bond acceptors (Lipinski definition) is 7. The quantitative estimate of drug-likeness (QED) is 0.645. The molecule has 3 rings (SSSR count). The van der Waals surface area contributed by atoms with E-state index in [0.717, 1.165) is 11.3 Å². The Bertz CT molecular complexity index is 728. The third kappa shape index (κ3) is 5.15. The van der Waals surface area contributed by atoms with Crippen molar-refractivity contribution in [3.63, 3.8) is 0 Å². The number of rotatable bonds is 8. The number of aliphatic hydroxyl groups excluding tert-OH is 2. The number of ether oxygens (including phenoxy) is 2. The Labute approximate surface area is 159 Å². The first-order valence-corrected chi connectivity index (χ1v) is 9.12. The molecule has 0 aliphatic heterocycles. The highest BCUT2D eigenvalue weighted by Crippen LogP contribution is 2.38. The average molecular weight is 373 g/mol. The number of methoxy groups -OCH3 is 1. The van der Waals surface area contributed by atoms with Crippen molar-refractivity contribution in [3.05, 3.63) is 47.8 Å². The number of pyridine rings is 2. The Balaban J connectivity index is 1.60. The third-order valence-electron chi connectivity index (χ3n) is 4.95. The number of aryl methyl sites for hydroxylation is 1. The fourth-order valence-corrected chi connectivity index (χ4v) is 3.49. The van der Waals surface area contributed by atoms with Crippen LogP contribution in [0.5, 0.6) is 11.8 Å². The molecule has 0 bridgehead atoms. The maximum Gasteiger partial charge on any atom is 0.213 e. The lowest BCUT2D eigenvalue weighted by atomic mass is 9.86. The maximum atomic E-state index is 10.1. The summed E-state index contributed by atoms with van der Waals surface area (Å²) < 4.78 is 11.0. The van der Waals surface area contributed by atoms with E-state index in [4.69, 9.17) is 9.47 Å². The van der Waals surface area contributed by atoms with Gasteiger partial charge in [0.25, 0.3) is 0 Å². The van der Waals surface area contributed by atoms with Crippen molar-refractivity contribution in [2.75, 3.05) is 20.3 Å². The first-order valence-electron chi connectivity index (χ1n) is 9.12. The average Bonchev–Trinajstić information content (AvgIpc) is 2.95. The number of nitrogens with one attached hydrogen (secondary N) is 1. The molecule has 7 heteroatoms. The van der Waals surface area contributed by atoms with E-state index < -0.39 is 12.2 Å². The molecule has 0 saturated heterocycles. The molecule has 7 nitrogen and oxygen atoms in total. The van der Waals surface area contributed by atoms with Gasteiger partial charge >= 0.3 is 0 Å². The van der Waals surface area contributed by atoms with Crippen LogP contribution in [-0.2, 0) is 6.54 Å². The molecule has 0 aromatic carbocycles. The van der Waals surface area contributed by atoms with Gasteiger partial charge in [0.1, 0.15) is 0 Å². The minimum absolute atomic E-state index is 0.357. The Morgan fingerprint density at radius 3 is 2.56 bits per heavy atom. The smallest absolute Gasteiger partial charge is 0.213 e. The summed E-state index contributed by atoms with van der Waals surface area (Å²) in [6, 6.07) is 9.41. The summed E-state index contributed by atoms with van der Waals surface area (Å²) in [7, 11) is 1.59. The van der Waals surface area contributed by atoms with Crippen LogP contribution >= 0.6 is 0 Å². The molecule has 1 unspecified atom stereocenters. The van der Waals surface area contributed by atoms with Crippen LogP contribution in [0.4, 0.5) is 0 Å². The fourth-order valence-electron chi connectivity index (χ4n) is 3.49. The second kappa shape index (κ2) is 8.65. The van der Waals surface area contributed by atoms with Crippen molar-refractivity contribution < 1.29 is 19.7 Å². The van der Waals surface area contributed by atoms with Crippen molar-refractivity contribution in [2.45, 2.75) is 38.5 Å². The molecule has 2 aromatic rings. The number of nitrogens with zero attached hydrogens (tertiary/aromatic N) is 2. The minimum atomic E-state index is -0.733. The van der Waals surface area contributed by atoms with Crippen LogP contribution in [0.3, 0.4) is 0 Å². The van der Waals surface area contributed by atoms with E-state index in [9.17, 15) is 10.2 Å². The molecule has 0 amide bonds. The van der Waals surface area contributed by atoms with Gasteiger partial charge in [0.15, 0.2) is 0 Å². The summed E-state index contributed by atoms with van der Waals surface area (Å²) in [5.74, 6) is 1.14. The third-order valence-corrected chi connectivity index (χ3v) is 4.95. The number of aliphatic hydroxyl groups is 2. The summed E-state index contributed by atoms with van der Waals surface area (Å²) in [4.78, 5) is 8.56. The molecule has 146 valence electrons. The zero-order chi connectivity index (χ0) is 19.3. The molecule has 1 aliphatic rings. The molecule has 3 N–H and O–H groups in total. The van der Waals surface area contributed by atoms with E-state index >= 15 is 0 Å². The van der Waals surface area contributed by atoms with Crippen molar-refractivity contribution in [1.82, 2.24) is 15.3 Å².